The van der Waals surface area contributed by atoms with Crippen LogP contribution < -0.4 is 5.32 Å². The van der Waals surface area contributed by atoms with Gasteiger partial charge < -0.3 is 5.32 Å². The molecule has 0 spiro atoms. The van der Waals surface area contributed by atoms with Gasteiger partial charge in [-0.05, 0) is 43.3 Å². The summed E-state index contributed by atoms with van der Waals surface area (Å²) in [5.41, 5.74) is 1.46. The van der Waals surface area contributed by atoms with Crippen LogP contribution in [0.2, 0.25) is 0 Å². The second-order valence-corrected chi connectivity index (χ2v) is 7.41. The lowest BCUT2D eigenvalue weighted by Crippen LogP contribution is -2.59. The highest BCUT2D eigenvalue weighted by atomic mass is 32.2. The van der Waals surface area contributed by atoms with E-state index in [0.717, 1.165) is 19.0 Å². The van der Waals surface area contributed by atoms with Crippen molar-refractivity contribution in [3.63, 3.8) is 0 Å². The molecule has 110 valence electrons. The standard InChI is InChI=1S/C17H26N2S/c1-14-12-18-16(11-15-5-3-2-4-6-15)13-19(14)17-7-9-20-10-8-17/h2-6,14,16-18H,7-13H2,1H3. The molecule has 2 nitrogen and oxygen atoms in total. The molecule has 2 atom stereocenters. The van der Waals surface area contributed by atoms with Crippen LogP contribution in [0, 0.1) is 0 Å². The Kier molecular flexibility index (Phi) is 5.03. The van der Waals surface area contributed by atoms with Crippen LogP contribution in [0.25, 0.3) is 0 Å². The quantitative estimate of drug-likeness (QED) is 0.921. The molecule has 2 saturated heterocycles. The number of nitrogens with one attached hydrogen (secondary N) is 1. The molecule has 3 rings (SSSR count). The van der Waals surface area contributed by atoms with Gasteiger partial charge in [-0.2, -0.15) is 11.8 Å². The monoisotopic (exact) mass is 290 g/mol. The molecule has 1 N–H and O–H groups in total. The molecule has 20 heavy (non-hydrogen) atoms. The van der Waals surface area contributed by atoms with Crippen molar-refractivity contribution in [3.8, 4) is 0 Å². The minimum atomic E-state index is 0.614. The van der Waals surface area contributed by atoms with Crippen LogP contribution in [0.3, 0.4) is 0 Å². The Labute approximate surface area is 127 Å². The molecule has 1 aromatic rings. The lowest BCUT2D eigenvalue weighted by Gasteiger charge is -2.44. The van der Waals surface area contributed by atoms with Gasteiger partial charge in [-0.1, -0.05) is 30.3 Å². The summed E-state index contributed by atoms with van der Waals surface area (Å²) in [6.45, 7) is 4.74. The third kappa shape index (κ3) is 3.57. The van der Waals surface area contributed by atoms with E-state index in [1.54, 1.807) is 0 Å². The summed E-state index contributed by atoms with van der Waals surface area (Å²) in [4.78, 5) is 2.78. The van der Waals surface area contributed by atoms with E-state index in [9.17, 15) is 0 Å². The Balaban J connectivity index is 1.60. The van der Waals surface area contributed by atoms with Crippen molar-refractivity contribution in [2.75, 3.05) is 24.6 Å². The molecule has 0 saturated carbocycles. The van der Waals surface area contributed by atoms with Crippen LogP contribution in [-0.4, -0.2) is 47.6 Å². The maximum atomic E-state index is 3.74. The molecule has 0 aromatic heterocycles. The van der Waals surface area contributed by atoms with Gasteiger partial charge in [0.05, 0.1) is 0 Å². The lowest BCUT2D eigenvalue weighted by atomic mass is 9.98. The number of thioether (sulfide) groups is 1. The molecule has 0 bridgehead atoms. The average Bonchev–Trinajstić information content (AvgIpc) is 2.51. The fourth-order valence-electron chi connectivity index (χ4n) is 3.51. The van der Waals surface area contributed by atoms with Crippen LogP contribution >= 0.6 is 11.8 Å². The normalized spacial score (nSPS) is 29.4. The van der Waals surface area contributed by atoms with E-state index >= 15 is 0 Å². The van der Waals surface area contributed by atoms with Gasteiger partial charge in [-0.15, -0.1) is 0 Å². The molecular formula is C17H26N2S. The first kappa shape index (κ1) is 14.4. The third-order valence-electron chi connectivity index (χ3n) is 4.68. The Morgan fingerprint density at radius 3 is 2.70 bits per heavy atom. The number of hydrogen-bond donors (Lipinski definition) is 1. The van der Waals surface area contributed by atoms with Crippen molar-refractivity contribution in [3.05, 3.63) is 35.9 Å². The maximum absolute atomic E-state index is 3.74. The largest absolute Gasteiger partial charge is 0.311 e. The van der Waals surface area contributed by atoms with Gasteiger partial charge >= 0.3 is 0 Å². The van der Waals surface area contributed by atoms with Crippen LogP contribution in [-0.2, 0) is 6.42 Å². The third-order valence-corrected chi connectivity index (χ3v) is 5.73. The Morgan fingerprint density at radius 1 is 1.20 bits per heavy atom. The maximum Gasteiger partial charge on any atom is 0.0236 e. The molecule has 0 aliphatic carbocycles. The first-order valence-corrected chi connectivity index (χ1v) is 9.09. The first-order valence-electron chi connectivity index (χ1n) is 7.94. The predicted octanol–water partition coefficient (Wildman–Crippen LogP) is 2.79. The molecule has 2 aliphatic heterocycles. The fourth-order valence-corrected chi connectivity index (χ4v) is 4.60. The van der Waals surface area contributed by atoms with Crippen LogP contribution in [0.15, 0.2) is 30.3 Å². The Bertz CT molecular complexity index is 403. The highest BCUT2D eigenvalue weighted by molar-refractivity contribution is 7.99. The molecule has 3 heteroatoms. The van der Waals surface area contributed by atoms with Crippen LogP contribution in [0.1, 0.15) is 25.3 Å². The first-order chi connectivity index (χ1) is 9.83. The van der Waals surface area contributed by atoms with Gasteiger partial charge in [0.1, 0.15) is 0 Å². The summed E-state index contributed by atoms with van der Waals surface area (Å²) in [6.07, 6.45) is 3.92. The van der Waals surface area contributed by atoms with Crippen molar-refractivity contribution < 1.29 is 0 Å². The molecule has 1 aromatic carbocycles. The number of hydrogen-bond acceptors (Lipinski definition) is 3. The number of nitrogens with zero attached hydrogens (tertiary/aromatic N) is 1. The summed E-state index contributed by atoms with van der Waals surface area (Å²) in [6, 6.07) is 13.0. The average molecular weight is 290 g/mol. The van der Waals surface area contributed by atoms with E-state index in [4.69, 9.17) is 0 Å². The van der Waals surface area contributed by atoms with Crippen molar-refractivity contribution in [1.82, 2.24) is 10.2 Å². The minimum absolute atomic E-state index is 0.614. The Morgan fingerprint density at radius 2 is 1.95 bits per heavy atom. The summed E-state index contributed by atoms with van der Waals surface area (Å²) in [7, 11) is 0. The van der Waals surface area contributed by atoms with Gasteiger partial charge in [-0.25, -0.2) is 0 Å². The zero-order chi connectivity index (χ0) is 13.8. The van der Waals surface area contributed by atoms with Gasteiger partial charge in [0.25, 0.3) is 0 Å². The van der Waals surface area contributed by atoms with Crippen molar-refractivity contribution in [1.29, 1.82) is 0 Å². The fraction of sp³-hybridized carbons (Fsp3) is 0.647. The summed E-state index contributed by atoms with van der Waals surface area (Å²) >= 11 is 2.13. The molecule has 0 amide bonds. The van der Waals surface area contributed by atoms with Crippen LogP contribution in [0.5, 0.6) is 0 Å². The molecule has 2 fully saturated rings. The van der Waals surface area contributed by atoms with Crippen LogP contribution in [0.4, 0.5) is 0 Å². The van der Waals surface area contributed by atoms with Gasteiger partial charge in [0.15, 0.2) is 0 Å². The smallest absolute Gasteiger partial charge is 0.0236 e. The predicted molar refractivity (Wildman–Crippen MR) is 88.5 cm³/mol. The number of rotatable bonds is 3. The second-order valence-electron chi connectivity index (χ2n) is 6.18. The molecule has 0 radical (unpaired) electrons. The van der Waals surface area contributed by atoms with E-state index in [-0.39, 0.29) is 0 Å². The van der Waals surface area contributed by atoms with Crippen molar-refractivity contribution in [2.24, 2.45) is 0 Å². The Hall–Kier alpha value is -0.510. The number of piperazine rings is 1. The second kappa shape index (κ2) is 6.97. The zero-order valence-electron chi connectivity index (χ0n) is 12.4. The highest BCUT2D eigenvalue weighted by Crippen LogP contribution is 2.25. The van der Waals surface area contributed by atoms with Crippen molar-refractivity contribution >= 4 is 11.8 Å². The topological polar surface area (TPSA) is 15.3 Å². The minimum Gasteiger partial charge on any atom is -0.311 e. The van der Waals surface area contributed by atoms with E-state index in [1.165, 1.54) is 36.5 Å². The molecular weight excluding hydrogens is 264 g/mol. The van der Waals surface area contributed by atoms with Gasteiger partial charge in [0, 0.05) is 31.2 Å². The summed E-state index contributed by atoms with van der Waals surface area (Å²) < 4.78 is 0. The summed E-state index contributed by atoms with van der Waals surface area (Å²) in [5.74, 6) is 2.70. The zero-order valence-corrected chi connectivity index (χ0v) is 13.2. The summed E-state index contributed by atoms with van der Waals surface area (Å²) in [5, 5.41) is 3.74. The van der Waals surface area contributed by atoms with E-state index in [0.29, 0.717) is 12.1 Å². The molecule has 2 aliphatic rings. The van der Waals surface area contributed by atoms with Gasteiger partial charge in [0.2, 0.25) is 0 Å². The van der Waals surface area contributed by atoms with Gasteiger partial charge in [-0.3, -0.25) is 4.90 Å². The molecule has 2 heterocycles. The van der Waals surface area contributed by atoms with E-state index in [1.807, 2.05) is 0 Å². The van der Waals surface area contributed by atoms with Crippen molar-refractivity contribution in [2.45, 2.75) is 44.3 Å². The molecule has 2 unspecified atom stereocenters. The SMILES string of the molecule is CC1CNC(Cc2ccccc2)CN1C1CCSCC1. The van der Waals surface area contributed by atoms with E-state index in [2.05, 4.69) is 59.2 Å². The highest BCUT2D eigenvalue weighted by Gasteiger charge is 2.31. The van der Waals surface area contributed by atoms with E-state index < -0.39 is 0 Å². The number of benzene rings is 1. The lowest BCUT2D eigenvalue weighted by molar-refractivity contribution is 0.0856.